The smallest absolute Gasteiger partial charge is 0.251 e. The molecule has 1 saturated heterocycles. The first-order valence-corrected chi connectivity index (χ1v) is 8.02. The van der Waals surface area contributed by atoms with Crippen LogP contribution in [0.1, 0.15) is 46.7 Å². The zero-order chi connectivity index (χ0) is 14.4. The molecular formula is C18H22N2O. The van der Waals surface area contributed by atoms with E-state index >= 15 is 0 Å². The van der Waals surface area contributed by atoms with Crippen LogP contribution in [0.4, 0.5) is 0 Å². The van der Waals surface area contributed by atoms with E-state index in [1.165, 1.54) is 29.5 Å². The number of fused-ring (bicyclic) bond motifs is 3. The molecule has 110 valence electrons. The summed E-state index contributed by atoms with van der Waals surface area (Å²) in [6.45, 7) is 2.95. The molecule has 0 aromatic heterocycles. The molecule has 2 heterocycles. The first-order chi connectivity index (χ1) is 10.2. The lowest BCUT2D eigenvalue weighted by molar-refractivity contribution is 0.0951. The minimum Gasteiger partial charge on any atom is -0.352 e. The van der Waals surface area contributed by atoms with E-state index in [1.54, 1.807) is 0 Å². The van der Waals surface area contributed by atoms with Crippen LogP contribution in [0.5, 0.6) is 0 Å². The van der Waals surface area contributed by atoms with Crippen LogP contribution in [0.15, 0.2) is 24.3 Å². The van der Waals surface area contributed by atoms with Crippen molar-refractivity contribution in [3.8, 4) is 0 Å². The van der Waals surface area contributed by atoms with Gasteiger partial charge < -0.3 is 10.2 Å². The first-order valence-electron chi connectivity index (χ1n) is 8.02. The average Bonchev–Trinajstić information content (AvgIpc) is 3.11. The fourth-order valence-corrected chi connectivity index (χ4v) is 4.17. The molecule has 1 aromatic carbocycles. The molecule has 1 unspecified atom stereocenters. The standard InChI is InChI=1S/C18H22N2O/c1-20-10-14-9-19-18(21)16-8-13(12-4-2-3-5-12)6-7-15(16)17(14)11-20/h4,6-8,14,17H,2-3,5,9-11H2,1H3,(H,19,21)/t14-,17?/m0/s1. The third-order valence-electron chi connectivity index (χ3n) is 5.26. The van der Waals surface area contributed by atoms with Gasteiger partial charge in [-0.05, 0) is 55.0 Å². The van der Waals surface area contributed by atoms with E-state index in [1.807, 2.05) is 0 Å². The molecule has 1 amide bonds. The summed E-state index contributed by atoms with van der Waals surface area (Å²) >= 11 is 0. The maximum Gasteiger partial charge on any atom is 0.251 e. The molecule has 1 aliphatic carbocycles. The molecule has 2 aliphatic heterocycles. The van der Waals surface area contributed by atoms with Crippen molar-refractivity contribution in [2.24, 2.45) is 5.92 Å². The summed E-state index contributed by atoms with van der Waals surface area (Å²) in [5.41, 5.74) is 4.81. The second-order valence-electron chi connectivity index (χ2n) is 6.72. The number of hydrogen-bond acceptors (Lipinski definition) is 2. The number of likely N-dealkylation sites (N-methyl/N-ethyl adjacent to an activating group) is 1. The fraction of sp³-hybridized carbons (Fsp3) is 0.500. The van der Waals surface area contributed by atoms with Gasteiger partial charge in [-0.25, -0.2) is 0 Å². The Kier molecular flexibility index (Phi) is 3.11. The number of carbonyl (C=O) groups is 1. The highest BCUT2D eigenvalue weighted by molar-refractivity contribution is 5.97. The highest BCUT2D eigenvalue weighted by Gasteiger charge is 2.36. The van der Waals surface area contributed by atoms with Crippen LogP contribution in [0, 0.1) is 5.92 Å². The topological polar surface area (TPSA) is 32.3 Å². The molecule has 3 aliphatic rings. The second-order valence-corrected chi connectivity index (χ2v) is 6.72. The van der Waals surface area contributed by atoms with Gasteiger partial charge in [0, 0.05) is 31.1 Å². The number of nitrogens with one attached hydrogen (secondary N) is 1. The Morgan fingerprint density at radius 2 is 2.19 bits per heavy atom. The van der Waals surface area contributed by atoms with E-state index in [4.69, 9.17) is 0 Å². The SMILES string of the molecule is CN1CC2c3ccc(C4=CCCC4)cc3C(=O)NC[C@H]2C1. The zero-order valence-electron chi connectivity index (χ0n) is 12.6. The monoisotopic (exact) mass is 282 g/mol. The third kappa shape index (κ3) is 2.20. The molecule has 3 nitrogen and oxygen atoms in total. The van der Waals surface area contributed by atoms with Gasteiger partial charge in [0.1, 0.15) is 0 Å². The molecule has 1 aromatic rings. The molecular weight excluding hydrogens is 260 g/mol. The minimum absolute atomic E-state index is 0.113. The first kappa shape index (κ1) is 13.1. The van der Waals surface area contributed by atoms with Gasteiger partial charge in [-0.3, -0.25) is 4.79 Å². The van der Waals surface area contributed by atoms with Crippen molar-refractivity contribution in [1.82, 2.24) is 10.2 Å². The van der Waals surface area contributed by atoms with Crippen LogP contribution < -0.4 is 5.32 Å². The van der Waals surface area contributed by atoms with E-state index < -0.39 is 0 Å². The molecule has 0 bridgehead atoms. The number of allylic oxidation sites excluding steroid dienone is 2. The highest BCUT2D eigenvalue weighted by atomic mass is 16.1. The summed E-state index contributed by atoms with van der Waals surface area (Å²) in [4.78, 5) is 14.8. The van der Waals surface area contributed by atoms with Crippen molar-refractivity contribution < 1.29 is 4.79 Å². The van der Waals surface area contributed by atoms with Crippen molar-refractivity contribution in [1.29, 1.82) is 0 Å². The quantitative estimate of drug-likeness (QED) is 0.859. The predicted molar refractivity (Wildman–Crippen MR) is 84.3 cm³/mol. The summed E-state index contributed by atoms with van der Waals surface area (Å²) in [6.07, 6.45) is 5.89. The number of likely N-dealkylation sites (tertiary alicyclic amines) is 1. The van der Waals surface area contributed by atoms with Gasteiger partial charge >= 0.3 is 0 Å². The van der Waals surface area contributed by atoms with E-state index in [-0.39, 0.29) is 5.91 Å². The van der Waals surface area contributed by atoms with E-state index in [9.17, 15) is 4.79 Å². The van der Waals surface area contributed by atoms with Crippen molar-refractivity contribution in [3.05, 3.63) is 41.0 Å². The summed E-state index contributed by atoms with van der Waals surface area (Å²) < 4.78 is 0. The van der Waals surface area contributed by atoms with Gasteiger partial charge in [0.05, 0.1) is 0 Å². The Balaban J connectivity index is 1.77. The van der Waals surface area contributed by atoms with Crippen LogP contribution in [-0.4, -0.2) is 37.5 Å². The lowest BCUT2D eigenvalue weighted by Crippen LogP contribution is -2.29. The van der Waals surface area contributed by atoms with Gasteiger partial charge in [-0.2, -0.15) is 0 Å². The molecule has 21 heavy (non-hydrogen) atoms. The molecule has 2 atom stereocenters. The number of hydrogen-bond donors (Lipinski definition) is 1. The van der Waals surface area contributed by atoms with Gasteiger partial charge in [0.15, 0.2) is 0 Å². The summed E-state index contributed by atoms with van der Waals surface area (Å²) in [7, 11) is 2.17. The van der Waals surface area contributed by atoms with Crippen LogP contribution in [0.3, 0.4) is 0 Å². The van der Waals surface area contributed by atoms with E-state index in [2.05, 4.69) is 41.5 Å². The lowest BCUT2D eigenvalue weighted by Gasteiger charge is -2.17. The molecule has 1 N–H and O–H groups in total. The zero-order valence-corrected chi connectivity index (χ0v) is 12.6. The number of rotatable bonds is 1. The van der Waals surface area contributed by atoms with Gasteiger partial charge in [-0.15, -0.1) is 0 Å². The summed E-state index contributed by atoms with van der Waals surface area (Å²) in [6, 6.07) is 6.57. The van der Waals surface area contributed by atoms with E-state index in [0.29, 0.717) is 11.8 Å². The van der Waals surface area contributed by atoms with Crippen molar-refractivity contribution in [3.63, 3.8) is 0 Å². The Hall–Kier alpha value is -1.61. The molecule has 3 heteroatoms. The number of nitrogens with zero attached hydrogens (tertiary/aromatic N) is 1. The minimum atomic E-state index is 0.113. The molecule has 4 rings (SSSR count). The van der Waals surface area contributed by atoms with Crippen molar-refractivity contribution >= 4 is 11.5 Å². The molecule has 0 saturated carbocycles. The molecule has 0 radical (unpaired) electrons. The van der Waals surface area contributed by atoms with Crippen LogP contribution in [-0.2, 0) is 0 Å². The van der Waals surface area contributed by atoms with Crippen LogP contribution in [0.25, 0.3) is 5.57 Å². The van der Waals surface area contributed by atoms with Crippen LogP contribution in [0.2, 0.25) is 0 Å². The number of amides is 1. The predicted octanol–water partition coefficient (Wildman–Crippen LogP) is 2.64. The summed E-state index contributed by atoms with van der Waals surface area (Å²) in [5, 5.41) is 3.13. The lowest BCUT2D eigenvalue weighted by atomic mass is 9.86. The largest absolute Gasteiger partial charge is 0.352 e. The molecule has 1 fully saturated rings. The second kappa shape index (κ2) is 4.99. The number of benzene rings is 1. The van der Waals surface area contributed by atoms with Gasteiger partial charge in [0.25, 0.3) is 5.91 Å². The average molecular weight is 282 g/mol. The van der Waals surface area contributed by atoms with E-state index in [0.717, 1.165) is 31.6 Å². The Bertz CT molecular complexity index is 620. The maximum atomic E-state index is 12.4. The third-order valence-corrected chi connectivity index (χ3v) is 5.26. The normalized spacial score (nSPS) is 28.6. The van der Waals surface area contributed by atoms with Crippen molar-refractivity contribution in [2.75, 3.05) is 26.7 Å². The van der Waals surface area contributed by atoms with Crippen molar-refractivity contribution in [2.45, 2.75) is 25.2 Å². The Morgan fingerprint density at radius 3 is 3.00 bits per heavy atom. The molecule has 0 spiro atoms. The van der Waals surface area contributed by atoms with Gasteiger partial charge in [0.2, 0.25) is 0 Å². The Labute approximate surface area is 126 Å². The number of carbonyl (C=O) groups excluding carboxylic acids is 1. The fourth-order valence-electron chi connectivity index (χ4n) is 4.17. The van der Waals surface area contributed by atoms with Crippen LogP contribution >= 0.6 is 0 Å². The Morgan fingerprint density at radius 1 is 1.29 bits per heavy atom. The van der Waals surface area contributed by atoms with Gasteiger partial charge in [-0.1, -0.05) is 18.2 Å². The summed E-state index contributed by atoms with van der Waals surface area (Å²) in [5.74, 6) is 1.16. The highest BCUT2D eigenvalue weighted by Crippen LogP contribution is 2.37. The maximum absolute atomic E-state index is 12.4.